The monoisotopic (exact) mass is 348 g/mol. The predicted octanol–water partition coefficient (Wildman–Crippen LogP) is 2.93. The molecule has 1 heterocycles. The number of halogens is 3. The van der Waals surface area contributed by atoms with Crippen LogP contribution in [0.1, 0.15) is 31.4 Å². The van der Waals surface area contributed by atoms with Gasteiger partial charge >= 0.3 is 5.97 Å². The van der Waals surface area contributed by atoms with Gasteiger partial charge in [-0.15, -0.1) is 12.4 Å². The maximum Gasteiger partial charge on any atom is 0.317 e. The number of piperidine rings is 1. The van der Waals surface area contributed by atoms with Gasteiger partial charge in [0.1, 0.15) is 0 Å². The van der Waals surface area contributed by atoms with Crippen molar-refractivity contribution in [3.05, 3.63) is 35.4 Å². The lowest BCUT2D eigenvalue weighted by molar-refractivity contribution is -0.138. The van der Waals surface area contributed by atoms with E-state index in [4.69, 9.17) is 5.11 Å². The van der Waals surface area contributed by atoms with Crippen molar-refractivity contribution < 1.29 is 18.7 Å². The van der Waals surface area contributed by atoms with Gasteiger partial charge in [0, 0.05) is 25.2 Å². The van der Waals surface area contributed by atoms with Crippen LogP contribution < -0.4 is 0 Å². The lowest BCUT2D eigenvalue weighted by Gasteiger charge is -2.39. The van der Waals surface area contributed by atoms with Crippen molar-refractivity contribution in [1.29, 1.82) is 0 Å². The van der Waals surface area contributed by atoms with Crippen LogP contribution in [0.3, 0.4) is 0 Å². The van der Waals surface area contributed by atoms with E-state index in [0.29, 0.717) is 0 Å². The van der Waals surface area contributed by atoms with Crippen LogP contribution in [0, 0.1) is 11.6 Å². The fourth-order valence-corrected chi connectivity index (χ4v) is 3.04. The van der Waals surface area contributed by atoms with Gasteiger partial charge in [-0.25, -0.2) is 8.78 Å². The lowest BCUT2D eigenvalue weighted by atomic mass is 9.99. The lowest BCUT2D eigenvalue weighted by Crippen LogP contribution is -2.45. The predicted molar refractivity (Wildman–Crippen MR) is 86.9 cm³/mol. The zero-order valence-corrected chi connectivity index (χ0v) is 14.2. The molecule has 1 aliphatic heterocycles. The quantitative estimate of drug-likeness (QED) is 0.888. The van der Waals surface area contributed by atoms with Crippen molar-refractivity contribution in [1.82, 2.24) is 9.80 Å². The van der Waals surface area contributed by atoms with Crippen LogP contribution >= 0.6 is 12.4 Å². The van der Waals surface area contributed by atoms with E-state index in [0.717, 1.165) is 37.6 Å². The average Bonchev–Trinajstić information content (AvgIpc) is 2.49. The second kappa shape index (κ2) is 8.57. The molecule has 1 saturated heterocycles. The maximum atomic E-state index is 13.3. The van der Waals surface area contributed by atoms with Crippen molar-refractivity contribution in [3.63, 3.8) is 0 Å². The highest BCUT2D eigenvalue weighted by atomic mass is 35.5. The fraction of sp³-hybridized carbons (Fsp3) is 0.562. The molecule has 0 bridgehead atoms. The number of likely N-dealkylation sites (tertiary alicyclic amines) is 1. The van der Waals surface area contributed by atoms with Gasteiger partial charge in [0.05, 0.1) is 6.54 Å². The third-order valence-corrected chi connectivity index (χ3v) is 4.48. The molecule has 23 heavy (non-hydrogen) atoms. The van der Waals surface area contributed by atoms with Crippen LogP contribution in [0.4, 0.5) is 8.78 Å². The largest absolute Gasteiger partial charge is 0.480 e. The maximum absolute atomic E-state index is 13.3. The molecule has 0 aromatic heterocycles. The summed E-state index contributed by atoms with van der Waals surface area (Å²) in [5, 5.41) is 8.83. The molecule has 1 aromatic rings. The highest BCUT2D eigenvalue weighted by molar-refractivity contribution is 5.85. The molecule has 1 N–H and O–H groups in total. The SMILES string of the molecule is CC(c1ccc(F)c(F)c1)N1CCC(N(C)CC(=O)O)CC1.Cl. The minimum absolute atomic E-state index is 0. The number of likely N-dealkylation sites (N-methyl/N-ethyl adjacent to an activating group) is 1. The Morgan fingerprint density at radius 1 is 1.35 bits per heavy atom. The molecule has 4 nitrogen and oxygen atoms in total. The number of aliphatic carboxylic acids is 1. The van der Waals surface area contributed by atoms with Crippen molar-refractivity contribution in [3.8, 4) is 0 Å². The molecule has 0 spiro atoms. The molecule has 0 aliphatic carbocycles. The van der Waals surface area contributed by atoms with Gasteiger partial charge in [-0.05, 0) is 44.5 Å². The molecule has 2 rings (SSSR count). The minimum Gasteiger partial charge on any atom is -0.480 e. The molecule has 130 valence electrons. The van der Waals surface area contributed by atoms with Gasteiger partial charge in [-0.1, -0.05) is 6.07 Å². The van der Waals surface area contributed by atoms with E-state index in [1.807, 2.05) is 18.9 Å². The Bertz CT molecular complexity index is 537. The molecular formula is C16H23ClF2N2O2. The Balaban J connectivity index is 0.00000264. The van der Waals surface area contributed by atoms with Gasteiger partial charge in [-0.2, -0.15) is 0 Å². The normalized spacial score (nSPS) is 17.8. The standard InChI is InChI=1S/C16H22F2N2O2.ClH/c1-11(12-3-4-14(17)15(18)9-12)20-7-5-13(6-8-20)19(2)10-16(21)22;/h3-4,9,11,13H,5-8,10H2,1-2H3,(H,21,22);1H. The number of rotatable bonds is 5. The van der Waals surface area contributed by atoms with Crippen LogP contribution in [0.25, 0.3) is 0 Å². The van der Waals surface area contributed by atoms with Crippen LogP contribution in [0.5, 0.6) is 0 Å². The summed E-state index contributed by atoms with van der Waals surface area (Å²) in [4.78, 5) is 14.8. The summed E-state index contributed by atoms with van der Waals surface area (Å²) in [5.74, 6) is -2.47. The van der Waals surface area contributed by atoms with E-state index in [1.165, 1.54) is 6.07 Å². The molecule has 1 atom stereocenters. The number of hydrogen-bond acceptors (Lipinski definition) is 3. The van der Waals surface area contributed by atoms with E-state index >= 15 is 0 Å². The topological polar surface area (TPSA) is 43.8 Å². The van der Waals surface area contributed by atoms with Gasteiger partial charge in [0.2, 0.25) is 0 Å². The minimum atomic E-state index is -0.829. The van der Waals surface area contributed by atoms with Crippen molar-refractivity contribution in [2.45, 2.75) is 31.8 Å². The molecule has 1 aliphatic rings. The molecule has 0 radical (unpaired) electrons. The molecule has 1 unspecified atom stereocenters. The van der Waals surface area contributed by atoms with E-state index in [2.05, 4.69) is 4.90 Å². The summed E-state index contributed by atoms with van der Waals surface area (Å²) in [6.07, 6.45) is 1.75. The molecular weight excluding hydrogens is 326 g/mol. The first kappa shape index (κ1) is 19.8. The second-order valence-electron chi connectivity index (χ2n) is 5.93. The molecule has 7 heteroatoms. The summed E-state index contributed by atoms with van der Waals surface area (Å²) < 4.78 is 26.3. The highest BCUT2D eigenvalue weighted by Gasteiger charge is 2.26. The Labute approximate surface area is 141 Å². The first-order valence-corrected chi connectivity index (χ1v) is 7.49. The second-order valence-corrected chi connectivity index (χ2v) is 5.93. The Morgan fingerprint density at radius 3 is 2.48 bits per heavy atom. The molecule has 0 saturated carbocycles. The molecule has 1 fully saturated rings. The summed E-state index contributed by atoms with van der Waals surface area (Å²) in [6, 6.07) is 4.30. The van der Waals surface area contributed by atoms with Crippen LogP contribution in [-0.2, 0) is 4.79 Å². The smallest absolute Gasteiger partial charge is 0.317 e. The number of carboxylic acids is 1. The van der Waals surface area contributed by atoms with E-state index in [9.17, 15) is 13.6 Å². The summed E-state index contributed by atoms with van der Waals surface area (Å²) in [6.45, 7) is 3.65. The third kappa shape index (κ3) is 5.12. The average molecular weight is 349 g/mol. The van der Waals surface area contributed by atoms with E-state index < -0.39 is 17.6 Å². The van der Waals surface area contributed by atoms with Crippen LogP contribution in [-0.4, -0.2) is 53.6 Å². The van der Waals surface area contributed by atoms with Crippen LogP contribution in [0.15, 0.2) is 18.2 Å². The Hall–Kier alpha value is -1.24. The molecule has 0 amide bonds. The summed E-state index contributed by atoms with van der Waals surface area (Å²) in [5.41, 5.74) is 0.760. The fourth-order valence-electron chi connectivity index (χ4n) is 3.04. The first-order valence-electron chi connectivity index (χ1n) is 7.49. The van der Waals surface area contributed by atoms with Gasteiger partial charge in [-0.3, -0.25) is 14.6 Å². The number of carboxylic acid groups (broad SMARTS) is 1. The number of benzene rings is 1. The Kier molecular flexibility index (Phi) is 7.38. The van der Waals surface area contributed by atoms with Crippen molar-refractivity contribution in [2.75, 3.05) is 26.7 Å². The van der Waals surface area contributed by atoms with Crippen LogP contribution in [0.2, 0.25) is 0 Å². The first-order chi connectivity index (χ1) is 10.4. The zero-order valence-electron chi connectivity index (χ0n) is 13.3. The number of nitrogens with zero attached hydrogens (tertiary/aromatic N) is 2. The zero-order chi connectivity index (χ0) is 16.3. The number of hydrogen-bond donors (Lipinski definition) is 1. The van der Waals surface area contributed by atoms with Gasteiger partial charge < -0.3 is 5.11 Å². The Morgan fingerprint density at radius 2 is 1.96 bits per heavy atom. The third-order valence-electron chi connectivity index (χ3n) is 4.48. The molecule has 1 aromatic carbocycles. The van der Waals surface area contributed by atoms with Gasteiger partial charge in [0.15, 0.2) is 11.6 Å². The highest BCUT2D eigenvalue weighted by Crippen LogP contribution is 2.26. The van der Waals surface area contributed by atoms with Gasteiger partial charge in [0.25, 0.3) is 0 Å². The summed E-state index contributed by atoms with van der Waals surface area (Å²) >= 11 is 0. The van der Waals surface area contributed by atoms with Crippen molar-refractivity contribution >= 4 is 18.4 Å². The van der Waals surface area contributed by atoms with E-state index in [-0.39, 0.29) is 31.0 Å². The number of carbonyl (C=O) groups is 1. The summed E-state index contributed by atoms with van der Waals surface area (Å²) in [7, 11) is 1.83. The van der Waals surface area contributed by atoms with Crippen molar-refractivity contribution in [2.24, 2.45) is 0 Å². The van der Waals surface area contributed by atoms with E-state index in [1.54, 1.807) is 6.07 Å².